The van der Waals surface area contributed by atoms with Crippen molar-refractivity contribution in [3.8, 4) is 0 Å². The number of rotatable bonds is 8. The molecule has 3 amide bonds. The number of ether oxygens (including phenoxy) is 1. The van der Waals surface area contributed by atoms with Gasteiger partial charge in [-0.3, -0.25) is 9.59 Å². The van der Waals surface area contributed by atoms with Gasteiger partial charge in [-0.2, -0.15) is 0 Å². The van der Waals surface area contributed by atoms with Crippen molar-refractivity contribution >= 4 is 17.9 Å². The zero-order valence-electron chi connectivity index (χ0n) is 19.8. The van der Waals surface area contributed by atoms with Crippen molar-refractivity contribution in [3.63, 3.8) is 0 Å². The molecule has 7 nitrogen and oxygen atoms in total. The van der Waals surface area contributed by atoms with Crippen LogP contribution < -0.4 is 10.6 Å². The van der Waals surface area contributed by atoms with E-state index in [1.807, 2.05) is 31.2 Å². The molecule has 1 saturated carbocycles. The highest BCUT2D eigenvalue weighted by molar-refractivity contribution is 5.91. The summed E-state index contributed by atoms with van der Waals surface area (Å²) in [6.07, 6.45) is 6.17. The highest BCUT2D eigenvalue weighted by atomic mass is 16.6. The summed E-state index contributed by atoms with van der Waals surface area (Å²) in [6, 6.07) is 6.85. The predicted octanol–water partition coefficient (Wildman–Crippen LogP) is 4.02. The Bertz CT molecular complexity index is 810. The number of alkyl carbamates (subject to hydrolysis) is 1. The summed E-state index contributed by atoms with van der Waals surface area (Å²) < 4.78 is 5.22. The smallest absolute Gasteiger partial charge is 0.408 e. The van der Waals surface area contributed by atoms with Crippen LogP contribution in [0, 0.1) is 6.92 Å². The van der Waals surface area contributed by atoms with Gasteiger partial charge in [0.15, 0.2) is 0 Å². The third-order valence-corrected chi connectivity index (χ3v) is 5.42. The topological polar surface area (TPSA) is 87.7 Å². The third kappa shape index (κ3) is 7.70. The van der Waals surface area contributed by atoms with Gasteiger partial charge in [-0.15, -0.1) is 6.58 Å². The van der Waals surface area contributed by atoms with E-state index in [-0.39, 0.29) is 30.9 Å². The maximum atomic E-state index is 13.5. The van der Waals surface area contributed by atoms with Crippen LogP contribution in [-0.2, 0) is 14.3 Å². The number of nitrogens with one attached hydrogen (secondary N) is 2. The lowest BCUT2D eigenvalue weighted by atomic mass is 9.94. The van der Waals surface area contributed by atoms with Gasteiger partial charge in [0.2, 0.25) is 11.8 Å². The summed E-state index contributed by atoms with van der Waals surface area (Å²) in [5.74, 6) is -0.596. The molecule has 1 unspecified atom stereocenters. The molecule has 0 aliphatic heterocycles. The summed E-state index contributed by atoms with van der Waals surface area (Å²) >= 11 is 0. The fourth-order valence-electron chi connectivity index (χ4n) is 3.93. The average molecular weight is 444 g/mol. The molecule has 1 aromatic rings. The molecule has 1 atom stereocenters. The summed E-state index contributed by atoms with van der Waals surface area (Å²) in [5, 5.41) is 5.66. The molecule has 1 fully saturated rings. The molecule has 7 heteroatoms. The number of hydrogen-bond donors (Lipinski definition) is 2. The molecule has 0 aromatic heterocycles. The Hall–Kier alpha value is -2.83. The number of carbonyl (C=O) groups excluding carboxylic acids is 3. The van der Waals surface area contributed by atoms with E-state index in [1.165, 1.54) is 11.3 Å². The molecule has 1 aliphatic rings. The quantitative estimate of drug-likeness (QED) is 0.594. The van der Waals surface area contributed by atoms with E-state index in [0.29, 0.717) is 0 Å². The minimum atomic E-state index is -0.816. The van der Waals surface area contributed by atoms with E-state index in [0.717, 1.165) is 36.8 Å². The minimum absolute atomic E-state index is 0.114. The lowest BCUT2D eigenvalue weighted by molar-refractivity contribution is -0.140. The van der Waals surface area contributed by atoms with E-state index in [4.69, 9.17) is 4.74 Å². The van der Waals surface area contributed by atoms with Crippen LogP contribution in [0.4, 0.5) is 4.79 Å². The Morgan fingerprint density at radius 2 is 1.84 bits per heavy atom. The number of amides is 3. The zero-order valence-corrected chi connectivity index (χ0v) is 19.8. The van der Waals surface area contributed by atoms with Crippen molar-refractivity contribution < 1.29 is 19.1 Å². The van der Waals surface area contributed by atoms with Gasteiger partial charge in [0.1, 0.15) is 18.2 Å². The van der Waals surface area contributed by atoms with E-state index in [9.17, 15) is 14.4 Å². The van der Waals surface area contributed by atoms with Gasteiger partial charge in [0.05, 0.1) is 0 Å². The number of hydrogen-bond acceptors (Lipinski definition) is 4. The van der Waals surface area contributed by atoms with Crippen LogP contribution in [0.25, 0.3) is 0 Å². The van der Waals surface area contributed by atoms with E-state index in [2.05, 4.69) is 17.2 Å². The molecule has 1 aromatic carbocycles. The van der Waals surface area contributed by atoms with Gasteiger partial charge < -0.3 is 20.3 Å². The molecule has 2 N–H and O–H groups in total. The van der Waals surface area contributed by atoms with Crippen LogP contribution in [0.1, 0.15) is 70.0 Å². The maximum Gasteiger partial charge on any atom is 0.408 e. The largest absolute Gasteiger partial charge is 0.444 e. The zero-order chi connectivity index (χ0) is 23.7. The van der Waals surface area contributed by atoms with Gasteiger partial charge in [-0.1, -0.05) is 49.6 Å². The molecule has 2 rings (SSSR count). The Morgan fingerprint density at radius 3 is 2.44 bits per heavy atom. The van der Waals surface area contributed by atoms with Crippen molar-refractivity contribution in [1.82, 2.24) is 15.5 Å². The first-order valence-electron chi connectivity index (χ1n) is 11.4. The summed E-state index contributed by atoms with van der Waals surface area (Å²) in [7, 11) is 0. The second-order valence-corrected chi connectivity index (χ2v) is 9.29. The number of aryl methyl sites for hydroxylation is 1. The van der Waals surface area contributed by atoms with Crippen LogP contribution in [0.5, 0.6) is 0 Å². The average Bonchev–Trinajstić information content (AvgIpc) is 2.72. The van der Waals surface area contributed by atoms with Crippen LogP contribution in [-0.4, -0.2) is 47.5 Å². The molecule has 1 aliphatic carbocycles. The first kappa shape index (κ1) is 25.4. The van der Waals surface area contributed by atoms with Crippen molar-refractivity contribution in [3.05, 3.63) is 48.0 Å². The molecule has 0 heterocycles. The van der Waals surface area contributed by atoms with Gasteiger partial charge in [-0.25, -0.2) is 4.79 Å². The number of carbonyl (C=O) groups is 3. The lowest BCUT2D eigenvalue weighted by Crippen LogP contribution is -2.50. The first-order valence-corrected chi connectivity index (χ1v) is 11.4. The Kier molecular flexibility index (Phi) is 9.29. The number of nitrogens with zero attached hydrogens (tertiary/aromatic N) is 1. The van der Waals surface area contributed by atoms with E-state index < -0.39 is 17.7 Å². The highest BCUT2D eigenvalue weighted by Crippen LogP contribution is 2.26. The van der Waals surface area contributed by atoms with Crippen LogP contribution in [0.3, 0.4) is 0 Å². The van der Waals surface area contributed by atoms with E-state index in [1.54, 1.807) is 26.8 Å². The fourth-order valence-corrected chi connectivity index (χ4v) is 3.93. The van der Waals surface area contributed by atoms with Crippen molar-refractivity contribution in [2.45, 2.75) is 77.5 Å². The predicted molar refractivity (Wildman–Crippen MR) is 125 cm³/mol. The van der Waals surface area contributed by atoms with Crippen molar-refractivity contribution in [2.75, 3.05) is 13.1 Å². The molecule has 0 saturated heterocycles. The van der Waals surface area contributed by atoms with E-state index >= 15 is 0 Å². The third-order valence-electron chi connectivity index (χ3n) is 5.42. The van der Waals surface area contributed by atoms with Gasteiger partial charge >= 0.3 is 6.09 Å². The van der Waals surface area contributed by atoms with Crippen LogP contribution in [0.2, 0.25) is 0 Å². The van der Waals surface area contributed by atoms with Crippen molar-refractivity contribution in [1.29, 1.82) is 0 Å². The molecule has 32 heavy (non-hydrogen) atoms. The molecule has 0 bridgehead atoms. The SMILES string of the molecule is C=CCN(C(=O)CNC(=O)OC(C)(C)C)C(C(=O)NC1CCCCC1)c1ccccc1C. The monoisotopic (exact) mass is 443 g/mol. The summed E-state index contributed by atoms with van der Waals surface area (Å²) in [5.41, 5.74) is 1.00. The van der Waals surface area contributed by atoms with Gasteiger partial charge in [0.25, 0.3) is 0 Å². The maximum absolute atomic E-state index is 13.5. The Labute approximate surface area is 191 Å². The molecular formula is C25H37N3O4. The molecule has 0 radical (unpaired) electrons. The number of benzene rings is 1. The van der Waals surface area contributed by atoms with Crippen LogP contribution >= 0.6 is 0 Å². The molecule has 176 valence electrons. The minimum Gasteiger partial charge on any atom is -0.444 e. The standard InChI is InChI=1S/C25H37N3O4/c1-6-16-28(21(29)17-26-24(31)32-25(3,4)5)22(20-15-11-10-12-18(20)2)23(30)27-19-13-8-7-9-14-19/h6,10-12,15,19,22H,1,7-9,13-14,16-17H2,2-5H3,(H,26,31)(H,27,30). The normalized spacial score (nSPS) is 15.4. The van der Waals surface area contributed by atoms with Gasteiger partial charge in [0, 0.05) is 12.6 Å². The lowest BCUT2D eigenvalue weighted by Gasteiger charge is -2.33. The Balaban J connectivity index is 2.25. The fraction of sp³-hybridized carbons (Fsp3) is 0.560. The second kappa shape index (κ2) is 11.7. The van der Waals surface area contributed by atoms with Crippen molar-refractivity contribution in [2.24, 2.45) is 0 Å². The summed E-state index contributed by atoms with van der Waals surface area (Å²) in [6.45, 7) is 10.8. The van der Waals surface area contributed by atoms with Gasteiger partial charge in [-0.05, 0) is 51.7 Å². The second-order valence-electron chi connectivity index (χ2n) is 9.29. The first-order chi connectivity index (χ1) is 15.1. The van der Waals surface area contributed by atoms with Crippen LogP contribution in [0.15, 0.2) is 36.9 Å². The molecular weight excluding hydrogens is 406 g/mol. The molecule has 0 spiro atoms. The Morgan fingerprint density at radius 1 is 1.19 bits per heavy atom. The highest BCUT2D eigenvalue weighted by Gasteiger charge is 2.33. The summed E-state index contributed by atoms with van der Waals surface area (Å²) in [4.78, 5) is 40.1.